The summed E-state index contributed by atoms with van der Waals surface area (Å²) in [4.78, 5) is 11.7. The van der Waals surface area contributed by atoms with Gasteiger partial charge in [0, 0.05) is 25.4 Å². The summed E-state index contributed by atoms with van der Waals surface area (Å²) in [7, 11) is -3.53. The van der Waals surface area contributed by atoms with Gasteiger partial charge in [0.05, 0.1) is 15.6 Å². The fraction of sp³-hybridized carbons (Fsp3) is 0.462. The fourth-order valence-electron chi connectivity index (χ4n) is 2.14. The van der Waals surface area contributed by atoms with Crippen molar-refractivity contribution in [2.45, 2.75) is 24.2 Å². The first-order valence-corrected chi connectivity index (χ1v) is 8.96. The molecule has 1 N–H and O–H groups in total. The summed E-state index contributed by atoms with van der Waals surface area (Å²) >= 11 is 11.5. The van der Waals surface area contributed by atoms with Gasteiger partial charge < -0.3 is 5.32 Å². The lowest BCUT2D eigenvalue weighted by atomic mass is 10.3. The molecule has 1 saturated heterocycles. The van der Waals surface area contributed by atoms with Crippen molar-refractivity contribution in [1.82, 2.24) is 4.31 Å². The van der Waals surface area contributed by atoms with Crippen molar-refractivity contribution < 1.29 is 13.2 Å². The van der Waals surface area contributed by atoms with Crippen LogP contribution in [0.25, 0.3) is 0 Å². The number of sulfonamides is 1. The highest BCUT2D eigenvalue weighted by Gasteiger charge is 2.27. The first-order valence-electron chi connectivity index (χ1n) is 6.60. The Labute approximate surface area is 134 Å². The smallest absolute Gasteiger partial charge is 0.243 e. The topological polar surface area (TPSA) is 66.5 Å². The maximum Gasteiger partial charge on any atom is 0.243 e. The van der Waals surface area contributed by atoms with E-state index < -0.39 is 10.0 Å². The quantitative estimate of drug-likeness (QED) is 0.830. The van der Waals surface area contributed by atoms with Crippen LogP contribution in [-0.4, -0.2) is 37.6 Å². The predicted octanol–water partition coefficient (Wildman–Crippen LogP) is 2.69. The number of nitrogens with one attached hydrogen (secondary N) is 1. The third kappa shape index (κ3) is 3.88. The number of alkyl halides is 1. The van der Waals surface area contributed by atoms with Crippen LogP contribution in [0.5, 0.6) is 0 Å². The standard InChI is InChI=1S/C13H16Cl2N2O3S/c14-6-5-13(18)16-12-9-10(3-4-11(12)15)21(19,20)17-7-1-2-8-17/h3-4,9H,1-2,5-8H2,(H,16,18). The number of amides is 1. The number of rotatable bonds is 5. The summed E-state index contributed by atoms with van der Waals surface area (Å²) in [5, 5.41) is 2.87. The monoisotopic (exact) mass is 350 g/mol. The second-order valence-electron chi connectivity index (χ2n) is 4.74. The molecule has 2 rings (SSSR count). The zero-order valence-corrected chi connectivity index (χ0v) is 13.6. The van der Waals surface area contributed by atoms with Crippen LogP contribution in [0.3, 0.4) is 0 Å². The minimum Gasteiger partial charge on any atom is -0.325 e. The molecule has 1 aliphatic rings. The van der Waals surface area contributed by atoms with E-state index in [4.69, 9.17) is 23.2 Å². The molecule has 0 atom stereocenters. The summed E-state index contributed by atoms with van der Waals surface area (Å²) in [6.07, 6.45) is 1.87. The van der Waals surface area contributed by atoms with E-state index in [0.29, 0.717) is 18.1 Å². The Bertz CT molecular complexity index is 628. The minimum atomic E-state index is -3.53. The molecule has 5 nitrogen and oxygen atoms in total. The highest BCUT2D eigenvalue weighted by atomic mass is 35.5. The van der Waals surface area contributed by atoms with Crippen LogP contribution < -0.4 is 5.32 Å². The highest BCUT2D eigenvalue weighted by molar-refractivity contribution is 7.89. The number of hydrogen-bond acceptors (Lipinski definition) is 3. The van der Waals surface area contributed by atoms with E-state index in [9.17, 15) is 13.2 Å². The zero-order chi connectivity index (χ0) is 15.5. The van der Waals surface area contributed by atoms with Crippen LogP contribution in [0.2, 0.25) is 5.02 Å². The second-order valence-corrected chi connectivity index (χ2v) is 7.46. The Morgan fingerprint density at radius 3 is 2.57 bits per heavy atom. The first-order chi connectivity index (χ1) is 9.95. The summed E-state index contributed by atoms with van der Waals surface area (Å²) in [6.45, 7) is 1.05. The van der Waals surface area contributed by atoms with Crippen LogP contribution in [-0.2, 0) is 14.8 Å². The molecule has 1 amide bonds. The third-order valence-corrected chi connectivity index (χ3v) is 5.65. The molecule has 1 aromatic rings. The zero-order valence-electron chi connectivity index (χ0n) is 11.3. The van der Waals surface area contributed by atoms with E-state index in [0.717, 1.165) is 12.8 Å². The van der Waals surface area contributed by atoms with E-state index in [2.05, 4.69) is 5.32 Å². The Kier molecular flexibility index (Phi) is 5.48. The Balaban J connectivity index is 2.27. The molecule has 0 bridgehead atoms. The van der Waals surface area contributed by atoms with Gasteiger partial charge in [0.1, 0.15) is 0 Å². The number of benzene rings is 1. The number of hydrogen-bond donors (Lipinski definition) is 1. The predicted molar refractivity (Wildman–Crippen MR) is 83.4 cm³/mol. The van der Waals surface area contributed by atoms with Gasteiger partial charge in [-0.2, -0.15) is 4.31 Å². The lowest BCUT2D eigenvalue weighted by Gasteiger charge is -2.16. The first kappa shape index (κ1) is 16.5. The minimum absolute atomic E-state index is 0.134. The number of nitrogens with zero attached hydrogens (tertiary/aromatic N) is 1. The average molecular weight is 351 g/mol. The van der Waals surface area contributed by atoms with Crippen molar-refractivity contribution in [2.75, 3.05) is 24.3 Å². The summed E-state index contributed by atoms with van der Waals surface area (Å²) in [6, 6.07) is 4.32. The van der Waals surface area contributed by atoms with Gasteiger partial charge in [-0.05, 0) is 31.0 Å². The lowest BCUT2D eigenvalue weighted by molar-refractivity contribution is -0.115. The molecule has 1 fully saturated rings. The van der Waals surface area contributed by atoms with Gasteiger partial charge in [-0.1, -0.05) is 11.6 Å². The molecule has 0 unspecified atom stereocenters. The molecule has 1 aromatic carbocycles. The molecule has 1 heterocycles. The van der Waals surface area contributed by atoms with E-state index in [1.807, 2.05) is 0 Å². The largest absolute Gasteiger partial charge is 0.325 e. The molecule has 21 heavy (non-hydrogen) atoms. The molecule has 1 aliphatic heterocycles. The van der Waals surface area contributed by atoms with Crippen LogP contribution in [0.1, 0.15) is 19.3 Å². The van der Waals surface area contributed by atoms with Gasteiger partial charge in [0.15, 0.2) is 0 Å². The third-order valence-electron chi connectivity index (χ3n) is 3.24. The molecule has 0 aromatic heterocycles. The van der Waals surface area contributed by atoms with Crippen molar-refractivity contribution in [3.63, 3.8) is 0 Å². The number of anilines is 1. The summed E-state index contributed by atoms with van der Waals surface area (Å²) < 4.78 is 26.4. The van der Waals surface area contributed by atoms with Gasteiger partial charge in [-0.25, -0.2) is 8.42 Å². The molecular formula is C13H16Cl2N2O3S. The molecule has 0 radical (unpaired) electrons. The van der Waals surface area contributed by atoms with Crippen molar-refractivity contribution in [2.24, 2.45) is 0 Å². The van der Waals surface area contributed by atoms with E-state index in [1.165, 1.54) is 22.5 Å². The number of carbonyl (C=O) groups excluding carboxylic acids is 1. The second kappa shape index (κ2) is 6.96. The van der Waals surface area contributed by atoms with Crippen LogP contribution in [0.4, 0.5) is 5.69 Å². The summed E-state index contributed by atoms with van der Waals surface area (Å²) in [5.74, 6) is -0.113. The van der Waals surface area contributed by atoms with Gasteiger partial charge in [-0.3, -0.25) is 4.79 Å². The van der Waals surface area contributed by atoms with Gasteiger partial charge >= 0.3 is 0 Å². The summed E-state index contributed by atoms with van der Waals surface area (Å²) in [5.41, 5.74) is 0.284. The molecule has 116 valence electrons. The van der Waals surface area contributed by atoms with E-state index >= 15 is 0 Å². The van der Waals surface area contributed by atoms with Crippen LogP contribution in [0.15, 0.2) is 23.1 Å². The van der Waals surface area contributed by atoms with E-state index in [-0.39, 0.29) is 28.8 Å². The number of carbonyl (C=O) groups is 1. The van der Waals surface area contributed by atoms with Crippen molar-refractivity contribution in [3.05, 3.63) is 23.2 Å². The Morgan fingerprint density at radius 1 is 1.29 bits per heavy atom. The molecule has 0 aliphatic carbocycles. The number of halogens is 2. The molecular weight excluding hydrogens is 335 g/mol. The fourth-order valence-corrected chi connectivity index (χ4v) is 4.02. The van der Waals surface area contributed by atoms with E-state index in [1.54, 1.807) is 0 Å². The normalized spacial score (nSPS) is 16.1. The molecule has 0 spiro atoms. The van der Waals surface area contributed by atoms with Crippen molar-refractivity contribution in [1.29, 1.82) is 0 Å². The Hall–Kier alpha value is -0.820. The Morgan fingerprint density at radius 2 is 1.95 bits per heavy atom. The average Bonchev–Trinajstić information content (AvgIpc) is 2.96. The van der Waals surface area contributed by atoms with Crippen LogP contribution >= 0.6 is 23.2 Å². The maximum atomic E-state index is 12.5. The van der Waals surface area contributed by atoms with Gasteiger partial charge in [-0.15, -0.1) is 11.6 Å². The van der Waals surface area contributed by atoms with Crippen LogP contribution in [0, 0.1) is 0 Å². The molecule has 8 heteroatoms. The van der Waals surface area contributed by atoms with Crippen molar-refractivity contribution in [3.8, 4) is 0 Å². The lowest BCUT2D eigenvalue weighted by Crippen LogP contribution is -2.28. The van der Waals surface area contributed by atoms with Gasteiger partial charge in [0.2, 0.25) is 15.9 Å². The SMILES string of the molecule is O=C(CCCl)Nc1cc(S(=O)(=O)N2CCCC2)ccc1Cl. The molecule has 0 saturated carbocycles. The van der Waals surface area contributed by atoms with Crippen molar-refractivity contribution >= 4 is 44.8 Å². The maximum absolute atomic E-state index is 12.5. The van der Waals surface area contributed by atoms with Gasteiger partial charge in [0.25, 0.3) is 0 Å². The highest BCUT2D eigenvalue weighted by Crippen LogP contribution is 2.28.